The number of nitrogens with zero attached hydrogens (tertiary/aromatic N) is 1. The van der Waals surface area contributed by atoms with Crippen LogP contribution in [-0.4, -0.2) is 29.4 Å². The van der Waals surface area contributed by atoms with E-state index in [9.17, 15) is 14.4 Å². The van der Waals surface area contributed by atoms with Crippen molar-refractivity contribution >= 4 is 17.5 Å². The Kier molecular flexibility index (Phi) is 2.55. The van der Waals surface area contributed by atoms with Crippen molar-refractivity contribution in [2.24, 2.45) is 5.92 Å². The largest absolute Gasteiger partial charge is 0.318 e. The molecule has 1 unspecified atom stereocenters. The molecule has 1 rings (SSSR count). The van der Waals surface area contributed by atoms with Crippen molar-refractivity contribution < 1.29 is 14.4 Å². The normalized spacial score (nSPS) is 23.1. The summed E-state index contributed by atoms with van der Waals surface area (Å²) in [5, 5.41) is 0. The van der Waals surface area contributed by atoms with Crippen molar-refractivity contribution in [3.63, 3.8) is 0 Å². The molecular formula is C10H13NO3. The molecule has 0 aliphatic carbocycles. The van der Waals surface area contributed by atoms with E-state index >= 15 is 0 Å². The summed E-state index contributed by atoms with van der Waals surface area (Å²) in [6, 6.07) is 0. The van der Waals surface area contributed by atoms with Crippen LogP contribution in [0.1, 0.15) is 20.8 Å². The maximum absolute atomic E-state index is 11.6. The summed E-state index contributed by atoms with van der Waals surface area (Å²) in [6.45, 7) is 4.47. The third kappa shape index (κ3) is 1.36. The minimum Gasteiger partial charge on any atom is -0.318 e. The van der Waals surface area contributed by atoms with Crippen LogP contribution in [0.3, 0.4) is 0 Å². The molecule has 4 heteroatoms. The van der Waals surface area contributed by atoms with Gasteiger partial charge in [-0.25, -0.2) is 0 Å². The van der Waals surface area contributed by atoms with Crippen LogP contribution in [0.2, 0.25) is 0 Å². The van der Waals surface area contributed by atoms with Crippen molar-refractivity contribution in [2.45, 2.75) is 20.8 Å². The molecule has 0 radical (unpaired) electrons. The fourth-order valence-corrected chi connectivity index (χ4v) is 1.56. The molecule has 0 aromatic heterocycles. The quantitative estimate of drug-likeness (QED) is 0.453. The monoisotopic (exact) mass is 195 g/mol. The number of carbonyl (C=O) groups is 3. The molecule has 1 amide bonds. The van der Waals surface area contributed by atoms with E-state index in [1.165, 1.54) is 18.7 Å². The van der Waals surface area contributed by atoms with Crippen molar-refractivity contribution in [1.29, 1.82) is 0 Å². The molecule has 76 valence electrons. The van der Waals surface area contributed by atoms with E-state index in [4.69, 9.17) is 0 Å². The van der Waals surface area contributed by atoms with Crippen molar-refractivity contribution in [2.75, 3.05) is 7.05 Å². The third-order valence-corrected chi connectivity index (χ3v) is 2.56. The number of Topliss-reactive ketones (excluding diaryl/α,β-unsaturated/α-hetero) is 2. The Labute approximate surface area is 82.6 Å². The van der Waals surface area contributed by atoms with Gasteiger partial charge in [0.05, 0.1) is 11.5 Å². The molecule has 0 aromatic carbocycles. The number of amides is 1. The first-order valence-corrected chi connectivity index (χ1v) is 4.41. The van der Waals surface area contributed by atoms with Crippen LogP contribution in [0.25, 0.3) is 0 Å². The van der Waals surface area contributed by atoms with Gasteiger partial charge in [-0.2, -0.15) is 0 Å². The molecule has 0 spiro atoms. The molecule has 0 saturated heterocycles. The lowest BCUT2D eigenvalue weighted by molar-refractivity contribution is -0.139. The molecule has 1 aliphatic rings. The zero-order valence-corrected chi connectivity index (χ0v) is 8.75. The summed E-state index contributed by atoms with van der Waals surface area (Å²) < 4.78 is 0. The predicted octanol–water partition coefficient (Wildman–Crippen LogP) is 0.527. The van der Waals surface area contributed by atoms with Gasteiger partial charge in [-0.1, -0.05) is 0 Å². The zero-order chi connectivity index (χ0) is 11.0. The summed E-state index contributed by atoms with van der Waals surface area (Å²) in [4.78, 5) is 35.6. The molecule has 1 aliphatic heterocycles. The summed E-state index contributed by atoms with van der Waals surface area (Å²) in [5.74, 6) is -1.63. The number of hydrogen-bond acceptors (Lipinski definition) is 3. The van der Waals surface area contributed by atoms with E-state index in [2.05, 4.69) is 0 Å². The highest BCUT2D eigenvalue weighted by Crippen LogP contribution is 2.23. The van der Waals surface area contributed by atoms with Gasteiger partial charge >= 0.3 is 0 Å². The van der Waals surface area contributed by atoms with Crippen molar-refractivity contribution in [1.82, 2.24) is 4.90 Å². The summed E-state index contributed by atoms with van der Waals surface area (Å²) in [7, 11) is 1.57. The standard InChI is InChI=1S/C10H13NO3/c1-5-9(13)8(7(3)12)6(2)11(4)10(5)14/h5H,1-4H3. The van der Waals surface area contributed by atoms with Crippen LogP contribution in [0, 0.1) is 5.92 Å². The van der Waals surface area contributed by atoms with Crippen LogP contribution in [0.5, 0.6) is 0 Å². The molecule has 1 heterocycles. The van der Waals surface area contributed by atoms with E-state index in [1.807, 2.05) is 0 Å². The van der Waals surface area contributed by atoms with E-state index in [-0.39, 0.29) is 23.0 Å². The van der Waals surface area contributed by atoms with Gasteiger partial charge in [-0.05, 0) is 20.8 Å². The van der Waals surface area contributed by atoms with Gasteiger partial charge in [0.25, 0.3) is 0 Å². The number of carbonyl (C=O) groups excluding carboxylic acids is 3. The topological polar surface area (TPSA) is 54.5 Å². The zero-order valence-electron chi connectivity index (χ0n) is 8.75. The lowest BCUT2D eigenvalue weighted by atomic mass is 9.90. The number of rotatable bonds is 1. The Morgan fingerprint density at radius 1 is 1.36 bits per heavy atom. The minimum absolute atomic E-state index is 0.152. The van der Waals surface area contributed by atoms with Crippen molar-refractivity contribution in [3.8, 4) is 0 Å². The second-order valence-electron chi connectivity index (χ2n) is 3.50. The number of ketones is 2. The minimum atomic E-state index is -0.734. The van der Waals surface area contributed by atoms with E-state index in [1.54, 1.807) is 14.0 Å². The molecule has 0 fully saturated rings. The average Bonchev–Trinajstić information content (AvgIpc) is 2.11. The third-order valence-electron chi connectivity index (χ3n) is 2.56. The van der Waals surface area contributed by atoms with Gasteiger partial charge in [0.15, 0.2) is 11.6 Å². The average molecular weight is 195 g/mol. The number of hydrogen-bond donors (Lipinski definition) is 0. The van der Waals surface area contributed by atoms with Gasteiger partial charge in [0.2, 0.25) is 5.91 Å². The Morgan fingerprint density at radius 2 is 1.86 bits per heavy atom. The molecule has 1 atom stereocenters. The second-order valence-corrected chi connectivity index (χ2v) is 3.50. The Balaban J connectivity index is 3.31. The molecule has 4 nitrogen and oxygen atoms in total. The fraction of sp³-hybridized carbons (Fsp3) is 0.500. The van der Waals surface area contributed by atoms with E-state index < -0.39 is 5.92 Å². The Hall–Kier alpha value is -1.45. The first kappa shape index (κ1) is 10.6. The highest BCUT2D eigenvalue weighted by atomic mass is 16.2. The molecular weight excluding hydrogens is 182 g/mol. The molecule has 0 saturated carbocycles. The maximum Gasteiger partial charge on any atom is 0.237 e. The SMILES string of the molecule is CC(=O)C1=C(C)N(C)C(=O)C(C)C1=O. The second kappa shape index (κ2) is 3.36. The highest BCUT2D eigenvalue weighted by Gasteiger charge is 2.36. The van der Waals surface area contributed by atoms with Gasteiger partial charge < -0.3 is 4.90 Å². The first-order valence-electron chi connectivity index (χ1n) is 4.41. The Bertz CT molecular complexity index is 354. The smallest absolute Gasteiger partial charge is 0.237 e. The summed E-state index contributed by atoms with van der Waals surface area (Å²) in [5.41, 5.74) is 0.602. The van der Waals surface area contributed by atoms with E-state index in [0.717, 1.165) is 0 Å². The van der Waals surface area contributed by atoms with Crippen LogP contribution in [-0.2, 0) is 14.4 Å². The lowest BCUT2D eigenvalue weighted by Crippen LogP contribution is -2.42. The number of allylic oxidation sites excluding steroid dienone is 2. The maximum atomic E-state index is 11.6. The van der Waals surface area contributed by atoms with Gasteiger partial charge in [0, 0.05) is 12.7 Å². The Morgan fingerprint density at radius 3 is 2.29 bits per heavy atom. The van der Waals surface area contributed by atoms with E-state index in [0.29, 0.717) is 5.70 Å². The summed E-state index contributed by atoms with van der Waals surface area (Å²) in [6.07, 6.45) is 0. The molecule has 14 heavy (non-hydrogen) atoms. The molecule has 0 bridgehead atoms. The predicted molar refractivity (Wildman–Crippen MR) is 50.3 cm³/mol. The molecule has 0 aromatic rings. The van der Waals surface area contributed by atoms with Gasteiger partial charge in [-0.15, -0.1) is 0 Å². The van der Waals surface area contributed by atoms with Gasteiger partial charge in [-0.3, -0.25) is 14.4 Å². The van der Waals surface area contributed by atoms with Gasteiger partial charge in [0.1, 0.15) is 0 Å². The van der Waals surface area contributed by atoms with Crippen LogP contribution in [0.15, 0.2) is 11.3 Å². The fourth-order valence-electron chi connectivity index (χ4n) is 1.56. The molecule has 0 N–H and O–H groups in total. The summed E-state index contributed by atoms with van der Waals surface area (Å²) >= 11 is 0. The van der Waals surface area contributed by atoms with Crippen LogP contribution < -0.4 is 0 Å². The van der Waals surface area contributed by atoms with Crippen LogP contribution in [0.4, 0.5) is 0 Å². The first-order chi connectivity index (χ1) is 6.37. The highest BCUT2D eigenvalue weighted by molar-refractivity contribution is 6.26. The van der Waals surface area contributed by atoms with Crippen LogP contribution >= 0.6 is 0 Å². The lowest BCUT2D eigenvalue weighted by Gasteiger charge is -2.28. The van der Waals surface area contributed by atoms with Crippen molar-refractivity contribution in [3.05, 3.63) is 11.3 Å².